The summed E-state index contributed by atoms with van der Waals surface area (Å²) in [5.74, 6) is -0.987. The molecule has 16 heavy (non-hydrogen) atoms. The Morgan fingerprint density at radius 3 is 2.19 bits per heavy atom. The van der Waals surface area contributed by atoms with Crippen molar-refractivity contribution < 1.29 is 15.0 Å². The molecule has 0 aromatic carbocycles. The molecule has 0 radical (unpaired) electrons. The van der Waals surface area contributed by atoms with Crippen LogP contribution in [0.3, 0.4) is 0 Å². The van der Waals surface area contributed by atoms with Gasteiger partial charge in [0.25, 0.3) is 0 Å². The molecule has 0 saturated heterocycles. The lowest BCUT2D eigenvalue weighted by atomic mass is 10.2. The molecule has 94 valence electrons. The number of aliphatic imine (C=N–C) groups is 1. The van der Waals surface area contributed by atoms with Crippen LogP contribution in [0.4, 0.5) is 0 Å². The molecule has 1 atom stereocenters. The number of hydrogen-bond donors (Lipinski definition) is 4. The second kappa shape index (κ2) is 9.45. The highest BCUT2D eigenvalue weighted by atomic mass is 16.9. The number of aliphatic carboxylic acids is 1. The normalized spacial score (nSPS) is 10.6. The van der Waals surface area contributed by atoms with Gasteiger partial charge < -0.3 is 37.6 Å². The predicted molar refractivity (Wildman–Crippen MR) is 55.9 cm³/mol. The Labute approximate surface area is 90.8 Å². The minimum atomic E-state index is -1.75. The molecule has 0 aliphatic heterocycles. The summed E-state index contributed by atoms with van der Waals surface area (Å²) in [6, 6.07) is -0.820. The SMILES string of the molecule is NC(N)=NCCC[C@H](N)C(=O)O.O=[N+]([O-])[O-]. The fourth-order valence-electron chi connectivity index (χ4n) is 0.643. The van der Waals surface area contributed by atoms with E-state index in [9.17, 15) is 4.79 Å². The summed E-state index contributed by atoms with van der Waals surface area (Å²) >= 11 is 0. The van der Waals surface area contributed by atoms with Crippen molar-refractivity contribution in [3.8, 4) is 0 Å². The smallest absolute Gasteiger partial charge is 0.320 e. The van der Waals surface area contributed by atoms with Gasteiger partial charge in [-0.15, -0.1) is 0 Å². The summed E-state index contributed by atoms with van der Waals surface area (Å²) in [6.45, 7) is 0.420. The van der Waals surface area contributed by atoms with Crippen molar-refractivity contribution >= 4 is 11.9 Å². The van der Waals surface area contributed by atoms with Gasteiger partial charge in [-0.3, -0.25) is 9.79 Å². The van der Waals surface area contributed by atoms with Crippen LogP contribution in [0, 0.1) is 15.3 Å². The third-order valence-corrected chi connectivity index (χ3v) is 1.28. The zero-order chi connectivity index (χ0) is 13.1. The third kappa shape index (κ3) is 17.8. The standard InChI is InChI=1S/C6H14N4O2.NO3/c7-4(5(11)12)2-1-3-10-6(8)9;2-1(3)4/h4H,1-3,7H2,(H,11,12)(H4,8,9,10);/q;-1/t4-;/m0./s1. The van der Waals surface area contributed by atoms with Gasteiger partial charge in [0.2, 0.25) is 0 Å². The molecule has 7 N–H and O–H groups in total. The first-order chi connectivity index (χ1) is 7.27. The molecule has 0 rings (SSSR count). The van der Waals surface area contributed by atoms with E-state index in [4.69, 9.17) is 37.6 Å². The average molecular weight is 236 g/mol. The fourth-order valence-corrected chi connectivity index (χ4v) is 0.643. The molecular weight excluding hydrogens is 222 g/mol. The molecule has 10 heteroatoms. The molecular formula is C6H14N5O5-. The fraction of sp³-hybridized carbons (Fsp3) is 0.667. The molecule has 0 amide bonds. The number of guanidine groups is 1. The Kier molecular flexibility index (Phi) is 9.65. The van der Waals surface area contributed by atoms with Crippen molar-refractivity contribution in [1.82, 2.24) is 0 Å². The van der Waals surface area contributed by atoms with Crippen LogP contribution in [0.25, 0.3) is 0 Å². The van der Waals surface area contributed by atoms with Crippen LogP contribution in [0.1, 0.15) is 12.8 Å². The van der Waals surface area contributed by atoms with E-state index < -0.39 is 17.1 Å². The van der Waals surface area contributed by atoms with Gasteiger partial charge in [0.1, 0.15) is 6.04 Å². The summed E-state index contributed by atoms with van der Waals surface area (Å²) in [5, 5.41) is 23.1. The van der Waals surface area contributed by atoms with Gasteiger partial charge in [0.05, 0.1) is 5.09 Å². The second-order valence-corrected chi connectivity index (χ2v) is 2.62. The third-order valence-electron chi connectivity index (χ3n) is 1.28. The number of carboxylic acids is 1. The van der Waals surface area contributed by atoms with Crippen molar-refractivity contribution in [3.05, 3.63) is 15.3 Å². The van der Waals surface area contributed by atoms with Crippen LogP contribution in [-0.4, -0.2) is 34.7 Å². The van der Waals surface area contributed by atoms with E-state index >= 15 is 0 Å². The van der Waals surface area contributed by atoms with Crippen molar-refractivity contribution in [2.45, 2.75) is 18.9 Å². The van der Waals surface area contributed by atoms with Gasteiger partial charge in [-0.05, 0) is 12.8 Å². The number of nitrogens with zero attached hydrogens (tertiary/aromatic N) is 2. The first kappa shape index (κ1) is 16.3. The van der Waals surface area contributed by atoms with E-state index in [1.54, 1.807) is 0 Å². The zero-order valence-electron chi connectivity index (χ0n) is 8.41. The van der Waals surface area contributed by atoms with Gasteiger partial charge >= 0.3 is 5.97 Å². The Morgan fingerprint density at radius 2 is 1.88 bits per heavy atom. The van der Waals surface area contributed by atoms with Gasteiger partial charge in [0.15, 0.2) is 5.96 Å². The highest BCUT2D eigenvalue weighted by Crippen LogP contribution is 1.94. The van der Waals surface area contributed by atoms with Gasteiger partial charge in [-0.1, -0.05) is 0 Å². The Balaban J connectivity index is 0. The van der Waals surface area contributed by atoms with E-state index in [1.165, 1.54) is 0 Å². The quantitative estimate of drug-likeness (QED) is 0.141. The summed E-state index contributed by atoms with van der Waals surface area (Å²) in [7, 11) is 0. The lowest BCUT2D eigenvalue weighted by molar-refractivity contribution is -0.402. The maximum atomic E-state index is 10.2. The van der Waals surface area contributed by atoms with Crippen molar-refractivity contribution in [3.63, 3.8) is 0 Å². The van der Waals surface area contributed by atoms with Crippen LogP contribution in [0.15, 0.2) is 4.99 Å². The van der Waals surface area contributed by atoms with E-state index in [-0.39, 0.29) is 5.96 Å². The van der Waals surface area contributed by atoms with Crippen LogP contribution >= 0.6 is 0 Å². The lowest BCUT2D eigenvalue weighted by Crippen LogP contribution is -2.30. The summed E-state index contributed by atoms with van der Waals surface area (Å²) in [4.78, 5) is 22.1. The van der Waals surface area contributed by atoms with Gasteiger partial charge in [-0.2, -0.15) is 0 Å². The summed E-state index contributed by atoms with van der Waals surface area (Å²) in [5.41, 5.74) is 15.3. The van der Waals surface area contributed by atoms with Crippen LogP contribution in [-0.2, 0) is 4.79 Å². The minimum absolute atomic E-state index is 0.0129. The van der Waals surface area contributed by atoms with Crippen LogP contribution in [0.2, 0.25) is 0 Å². The molecule has 0 aromatic heterocycles. The maximum Gasteiger partial charge on any atom is 0.320 e. The molecule has 0 unspecified atom stereocenters. The second-order valence-electron chi connectivity index (χ2n) is 2.62. The molecule has 0 aliphatic rings. The van der Waals surface area contributed by atoms with Crippen molar-refractivity contribution in [1.29, 1.82) is 0 Å². The Morgan fingerprint density at radius 1 is 1.44 bits per heavy atom. The molecule has 0 bridgehead atoms. The number of carboxylic acid groups (broad SMARTS) is 1. The highest BCUT2D eigenvalue weighted by molar-refractivity contribution is 5.75. The first-order valence-corrected chi connectivity index (χ1v) is 4.12. The van der Waals surface area contributed by atoms with Crippen LogP contribution in [0.5, 0.6) is 0 Å². The van der Waals surface area contributed by atoms with Crippen molar-refractivity contribution in [2.24, 2.45) is 22.2 Å². The topological polar surface area (TPSA) is 194 Å². The number of rotatable bonds is 5. The average Bonchev–Trinajstić information content (AvgIpc) is 2.10. The monoisotopic (exact) mass is 236 g/mol. The molecule has 0 saturated carbocycles. The van der Waals surface area contributed by atoms with E-state index in [2.05, 4.69) is 4.99 Å². The molecule has 10 nitrogen and oxygen atoms in total. The van der Waals surface area contributed by atoms with Crippen molar-refractivity contribution in [2.75, 3.05) is 6.54 Å². The van der Waals surface area contributed by atoms with E-state index in [1.807, 2.05) is 0 Å². The largest absolute Gasteiger partial charge is 0.480 e. The highest BCUT2D eigenvalue weighted by Gasteiger charge is 2.09. The van der Waals surface area contributed by atoms with Crippen LogP contribution < -0.4 is 17.2 Å². The molecule has 0 heterocycles. The van der Waals surface area contributed by atoms with Gasteiger partial charge in [-0.25, -0.2) is 0 Å². The number of hydrogen-bond acceptors (Lipinski definition) is 6. The maximum absolute atomic E-state index is 10.2. The zero-order valence-corrected chi connectivity index (χ0v) is 8.41. The summed E-state index contributed by atoms with van der Waals surface area (Å²) in [6.07, 6.45) is 0.956. The van der Waals surface area contributed by atoms with E-state index in [0.29, 0.717) is 19.4 Å². The molecule has 0 spiro atoms. The molecule has 0 aromatic rings. The number of carbonyl (C=O) groups is 1. The summed E-state index contributed by atoms with van der Waals surface area (Å²) < 4.78 is 0. The molecule has 0 aliphatic carbocycles. The van der Waals surface area contributed by atoms with E-state index in [0.717, 1.165) is 0 Å². The lowest BCUT2D eigenvalue weighted by Gasteiger charge is -2.03. The van der Waals surface area contributed by atoms with Gasteiger partial charge in [0, 0.05) is 6.54 Å². The Bertz CT molecular complexity index is 248. The minimum Gasteiger partial charge on any atom is -0.480 e. The first-order valence-electron chi connectivity index (χ1n) is 4.12. The number of nitrogens with two attached hydrogens (primary N) is 3. The predicted octanol–water partition coefficient (Wildman–Crippen LogP) is -1.79. The molecule has 0 fully saturated rings. The Hall–Kier alpha value is -2.10.